The fourth-order valence-electron chi connectivity index (χ4n) is 2.41. The number of ketones is 1. The summed E-state index contributed by atoms with van der Waals surface area (Å²) in [7, 11) is 0. The maximum absolute atomic E-state index is 11.7. The molecule has 4 nitrogen and oxygen atoms in total. The summed E-state index contributed by atoms with van der Waals surface area (Å²) in [6, 6.07) is 10.8. The second-order valence-corrected chi connectivity index (χ2v) is 4.68. The molecule has 1 aliphatic heterocycles. The maximum Gasteiger partial charge on any atom is 0.159 e. The summed E-state index contributed by atoms with van der Waals surface area (Å²) in [6.45, 7) is 0. The van der Waals surface area contributed by atoms with Crippen molar-refractivity contribution in [3.63, 3.8) is 0 Å². The van der Waals surface area contributed by atoms with E-state index in [1.54, 1.807) is 36.8 Å². The van der Waals surface area contributed by atoms with Gasteiger partial charge in [-0.1, -0.05) is 18.2 Å². The predicted octanol–water partition coefficient (Wildman–Crippen LogP) is 2.82. The molecule has 0 amide bonds. The third-order valence-electron chi connectivity index (χ3n) is 3.38. The summed E-state index contributed by atoms with van der Waals surface area (Å²) in [4.78, 5) is 17.7. The zero-order chi connectivity index (χ0) is 13.9. The van der Waals surface area contributed by atoms with E-state index in [1.807, 2.05) is 29.2 Å². The fourth-order valence-corrected chi connectivity index (χ4v) is 2.41. The third-order valence-corrected chi connectivity index (χ3v) is 3.38. The van der Waals surface area contributed by atoms with Gasteiger partial charge in [0.05, 0.1) is 11.7 Å². The van der Waals surface area contributed by atoms with E-state index >= 15 is 0 Å². The Balaban J connectivity index is 2.05. The molecule has 0 bridgehead atoms. The molecule has 1 aliphatic rings. The minimum atomic E-state index is -0.144. The largest absolute Gasteiger partial charge is 0.506 e. The van der Waals surface area contributed by atoms with Crippen molar-refractivity contribution in [3.8, 4) is 5.75 Å². The van der Waals surface area contributed by atoms with Crippen molar-refractivity contribution in [1.82, 2.24) is 4.98 Å². The zero-order valence-electron chi connectivity index (χ0n) is 10.8. The number of allylic oxidation sites excluding steroid dienone is 1. The lowest BCUT2D eigenvalue weighted by Crippen LogP contribution is -2.29. The van der Waals surface area contributed by atoms with Crippen LogP contribution in [-0.4, -0.2) is 15.9 Å². The van der Waals surface area contributed by atoms with Gasteiger partial charge in [0.15, 0.2) is 5.78 Å². The number of carbonyl (C=O) groups excluding carboxylic acids is 1. The molecule has 0 fully saturated rings. The number of nitrogens with zero attached hydrogens (tertiary/aromatic N) is 2. The van der Waals surface area contributed by atoms with Gasteiger partial charge in [-0.05, 0) is 29.8 Å². The number of rotatable bonds is 2. The number of phenolic OH excluding ortho intramolecular Hbond substituents is 1. The molecule has 1 aromatic carbocycles. The Morgan fingerprint density at radius 1 is 1.20 bits per heavy atom. The van der Waals surface area contributed by atoms with Gasteiger partial charge >= 0.3 is 0 Å². The van der Waals surface area contributed by atoms with E-state index in [-0.39, 0.29) is 17.6 Å². The van der Waals surface area contributed by atoms with Crippen LogP contribution < -0.4 is 4.90 Å². The fraction of sp³-hybridized carbons (Fsp3) is 0.125. The van der Waals surface area contributed by atoms with Crippen LogP contribution in [0.15, 0.2) is 61.1 Å². The number of pyridine rings is 1. The van der Waals surface area contributed by atoms with Crippen LogP contribution in [0.1, 0.15) is 18.0 Å². The standard InChI is InChI=1S/C16H14N2O2/c19-13-7-9-18(14-5-1-2-6-16(14)20)15(10-13)12-4-3-8-17-11-12/h1-9,11,15,20H,10H2/t15-/m1/s1. The summed E-state index contributed by atoms with van der Waals surface area (Å²) in [6.07, 6.45) is 7.09. The maximum atomic E-state index is 11.7. The first-order valence-corrected chi connectivity index (χ1v) is 6.43. The van der Waals surface area contributed by atoms with Crippen LogP contribution in [0.25, 0.3) is 0 Å². The number of aromatic nitrogens is 1. The summed E-state index contributed by atoms with van der Waals surface area (Å²) >= 11 is 0. The Labute approximate surface area is 117 Å². The first-order valence-electron chi connectivity index (χ1n) is 6.43. The Morgan fingerprint density at radius 3 is 2.80 bits per heavy atom. The van der Waals surface area contributed by atoms with Crippen LogP contribution >= 0.6 is 0 Å². The SMILES string of the molecule is O=C1C=CN(c2ccccc2O)[C@@H](c2cccnc2)C1. The molecule has 3 rings (SSSR count). The van der Waals surface area contributed by atoms with E-state index in [0.717, 1.165) is 5.56 Å². The molecule has 2 heterocycles. The molecule has 0 radical (unpaired) electrons. The summed E-state index contributed by atoms with van der Waals surface area (Å²) in [5.74, 6) is 0.269. The lowest BCUT2D eigenvalue weighted by atomic mass is 9.98. The van der Waals surface area contributed by atoms with Crippen LogP contribution in [0, 0.1) is 0 Å². The third kappa shape index (κ3) is 2.28. The minimum Gasteiger partial charge on any atom is -0.506 e. The molecule has 20 heavy (non-hydrogen) atoms. The smallest absolute Gasteiger partial charge is 0.159 e. The molecule has 100 valence electrons. The molecule has 0 saturated carbocycles. The Kier molecular flexibility index (Phi) is 3.21. The van der Waals surface area contributed by atoms with Crippen LogP contribution in [0.4, 0.5) is 5.69 Å². The summed E-state index contributed by atoms with van der Waals surface area (Å²) in [5.41, 5.74) is 1.64. The van der Waals surface area contributed by atoms with Crippen molar-refractivity contribution < 1.29 is 9.90 Å². The zero-order valence-corrected chi connectivity index (χ0v) is 10.8. The van der Waals surface area contributed by atoms with E-state index in [4.69, 9.17) is 0 Å². The normalized spacial score (nSPS) is 18.3. The second kappa shape index (κ2) is 5.17. The van der Waals surface area contributed by atoms with Crippen LogP contribution in [0.3, 0.4) is 0 Å². The molecule has 1 N–H and O–H groups in total. The number of carbonyl (C=O) groups is 1. The average Bonchev–Trinajstić information content (AvgIpc) is 2.49. The first kappa shape index (κ1) is 12.4. The Bertz CT molecular complexity index is 653. The number of para-hydroxylation sites is 2. The van der Waals surface area contributed by atoms with Crippen LogP contribution in [0.2, 0.25) is 0 Å². The lowest BCUT2D eigenvalue weighted by molar-refractivity contribution is -0.115. The van der Waals surface area contributed by atoms with Gasteiger partial charge < -0.3 is 10.0 Å². The number of benzene rings is 1. The molecular weight excluding hydrogens is 252 g/mol. The van der Waals surface area contributed by atoms with Crippen molar-refractivity contribution >= 4 is 11.5 Å². The van der Waals surface area contributed by atoms with Crippen molar-refractivity contribution in [1.29, 1.82) is 0 Å². The quantitative estimate of drug-likeness (QED) is 0.908. The molecule has 0 unspecified atom stereocenters. The van der Waals surface area contributed by atoms with Crippen LogP contribution in [0.5, 0.6) is 5.75 Å². The van der Waals surface area contributed by atoms with E-state index in [0.29, 0.717) is 12.1 Å². The molecule has 0 saturated heterocycles. The van der Waals surface area contributed by atoms with Crippen molar-refractivity contribution in [2.75, 3.05) is 4.90 Å². The lowest BCUT2D eigenvalue weighted by Gasteiger charge is -2.33. The average molecular weight is 266 g/mol. The molecule has 2 aromatic rings. The number of phenols is 1. The van der Waals surface area contributed by atoms with Gasteiger partial charge in [-0.2, -0.15) is 0 Å². The van der Waals surface area contributed by atoms with E-state index in [1.165, 1.54) is 0 Å². The first-order chi connectivity index (χ1) is 9.75. The Hall–Kier alpha value is -2.62. The highest BCUT2D eigenvalue weighted by Gasteiger charge is 2.26. The van der Waals surface area contributed by atoms with Gasteiger partial charge in [-0.15, -0.1) is 0 Å². The van der Waals surface area contributed by atoms with Crippen molar-refractivity contribution in [3.05, 3.63) is 66.6 Å². The number of anilines is 1. The highest BCUT2D eigenvalue weighted by atomic mass is 16.3. The monoisotopic (exact) mass is 266 g/mol. The van der Waals surface area contributed by atoms with Crippen LogP contribution in [-0.2, 0) is 4.79 Å². The van der Waals surface area contributed by atoms with Gasteiger partial charge in [0.25, 0.3) is 0 Å². The van der Waals surface area contributed by atoms with E-state index in [9.17, 15) is 9.90 Å². The van der Waals surface area contributed by atoms with Gasteiger partial charge in [0, 0.05) is 25.0 Å². The van der Waals surface area contributed by atoms with Gasteiger partial charge in [0.2, 0.25) is 0 Å². The van der Waals surface area contributed by atoms with E-state index in [2.05, 4.69) is 4.98 Å². The second-order valence-electron chi connectivity index (χ2n) is 4.68. The molecule has 1 aromatic heterocycles. The highest BCUT2D eigenvalue weighted by molar-refractivity contribution is 5.92. The van der Waals surface area contributed by atoms with Gasteiger partial charge in [-0.3, -0.25) is 9.78 Å². The molecule has 0 spiro atoms. The summed E-state index contributed by atoms with van der Waals surface area (Å²) < 4.78 is 0. The molecule has 4 heteroatoms. The minimum absolute atomic E-state index is 0.0746. The van der Waals surface area contributed by atoms with Gasteiger partial charge in [0.1, 0.15) is 5.75 Å². The van der Waals surface area contributed by atoms with Gasteiger partial charge in [-0.25, -0.2) is 0 Å². The molecular formula is C16H14N2O2. The van der Waals surface area contributed by atoms with E-state index < -0.39 is 0 Å². The Morgan fingerprint density at radius 2 is 2.05 bits per heavy atom. The molecule has 0 aliphatic carbocycles. The molecule has 1 atom stereocenters. The highest BCUT2D eigenvalue weighted by Crippen LogP contribution is 2.37. The predicted molar refractivity (Wildman–Crippen MR) is 76.3 cm³/mol. The topological polar surface area (TPSA) is 53.4 Å². The number of hydrogen-bond acceptors (Lipinski definition) is 4. The number of aromatic hydroxyl groups is 1. The number of hydrogen-bond donors (Lipinski definition) is 1. The van der Waals surface area contributed by atoms with Crippen molar-refractivity contribution in [2.24, 2.45) is 0 Å². The van der Waals surface area contributed by atoms with Crippen molar-refractivity contribution in [2.45, 2.75) is 12.5 Å². The summed E-state index contributed by atoms with van der Waals surface area (Å²) in [5, 5.41) is 10.0.